The minimum Gasteiger partial charge on any atom is -0.334 e. The molecule has 3 aromatic heterocycles. The van der Waals surface area contributed by atoms with Crippen molar-refractivity contribution in [3.05, 3.63) is 57.2 Å². The van der Waals surface area contributed by atoms with E-state index in [9.17, 15) is 4.79 Å². The number of thiophene rings is 1. The van der Waals surface area contributed by atoms with Crippen LogP contribution in [-0.4, -0.2) is 42.4 Å². The van der Waals surface area contributed by atoms with Crippen molar-refractivity contribution in [2.45, 2.75) is 22.2 Å². The highest BCUT2D eigenvalue weighted by Crippen LogP contribution is 2.30. The molecule has 0 fully saturated rings. The maximum Gasteiger partial charge on any atom is 0.264 e. The van der Waals surface area contributed by atoms with Gasteiger partial charge in [0.05, 0.1) is 11.5 Å². The van der Waals surface area contributed by atoms with Gasteiger partial charge in [-0.05, 0) is 30.0 Å². The summed E-state index contributed by atoms with van der Waals surface area (Å²) < 4.78 is 1.98. The van der Waals surface area contributed by atoms with Gasteiger partial charge in [0.15, 0.2) is 4.34 Å². The van der Waals surface area contributed by atoms with Gasteiger partial charge in [0.25, 0.3) is 5.95 Å². The van der Waals surface area contributed by atoms with Crippen LogP contribution in [0.15, 0.2) is 56.4 Å². The molecule has 0 saturated heterocycles. The molecule has 0 aliphatic rings. The number of hydrogen-bond acceptors (Lipinski definition) is 12. The van der Waals surface area contributed by atoms with Crippen LogP contribution in [0, 0.1) is 0 Å². The molecular formula is C19H18ClN9OS4. The van der Waals surface area contributed by atoms with Gasteiger partial charge in [-0.15, -0.1) is 31.7 Å². The third-order valence-electron chi connectivity index (χ3n) is 4.16. The van der Waals surface area contributed by atoms with Gasteiger partial charge in [-0.25, -0.2) is 10.1 Å². The quantitative estimate of drug-likeness (QED) is 0.0859. The van der Waals surface area contributed by atoms with E-state index in [4.69, 9.17) is 17.4 Å². The normalized spacial score (nSPS) is 11.5. The fourth-order valence-electron chi connectivity index (χ4n) is 2.48. The third-order valence-corrected chi connectivity index (χ3v) is 8.47. The van der Waals surface area contributed by atoms with E-state index in [0.29, 0.717) is 21.1 Å². The summed E-state index contributed by atoms with van der Waals surface area (Å²) in [5.41, 5.74) is 4.61. The number of hydrazone groups is 1. The number of nitrogen functional groups attached to an aromatic ring is 1. The van der Waals surface area contributed by atoms with Crippen LogP contribution in [-0.2, 0) is 10.5 Å². The van der Waals surface area contributed by atoms with E-state index in [-0.39, 0.29) is 17.6 Å². The average Bonchev–Trinajstić information content (AvgIpc) is 3.58. The van der Waals surface area contributed by atoms with E-state index < -0.39 is 0 Å². The van der Waals surface area contributed by atoms with E-state index in [1.807, 2.05) is 48.7 Å². The Hall–Kier alpha value is -2.65. The van der Waals surface area contributed by atoms with Crippen LogP contribution in [0.5, 0.6) is 0 Å². The number of anilines is 2. The number of nitrogens with zero attached hydrogens (tertiary/aromatic N) is 6. The zero-order chi connectivity index (χ0) is 23.9. The highest BCUT2D eigenvalue weighted by Gasteiger charge is 2.14. The molecule has 0 unspecified atom stereocenters. The largest absolute Gasteiger partial charge is 0.334 e. The van der Waals surface area contributed by atoms with E-state index in [0.717, 1.165) is 32.3 Å². The van der Waals surface area contributed by atoms with Gasteiger partial charge in [-0.2, -0.15) is 5.10 Å². The van der Waals surface area contributed by atoms with E-state index in [1.165, 1.54) is 27.8 Å². The predicted molar refractivity (Wildman–Crippen MR) is 141 cm³/mol. The molecule has 34 heavy (non-hydrogen) atoms. The van der Waals surface area contributed by atoms with Crippen LogP contribution in [0.3, 0.4) is 0 Å². The highest BCUT2D eigenvalue weighted by atomic mass is 35.5. The lowest BCUT2D eigenvalue weighted by Gasteiger charge is -2.03. The first-order valence-corrected chi connectivity index (χ1v) is 13.7. The minimum absolute atomic E-state index is 0.0779. The number of amides is 1. The third kappa shape index (κ3) is 6.48. The predicted octanol–water partition coefficient (Wildman–Crippen LogP) is 4.42. The van der Waals surface area contributed by atoms with Crippen molar-refractivity contribution in [3.8, 4) is 0 Å². The Morgan fingerprint density at radius 1 is 1.18 bits per heavy atom. The maximum atomic E-state index is 12.3. The Bertz CT molecular complexity index is 1290. The zero-order valence-electron chi connectivity index (χ0n) is 17.6. The lowest BCUT2D eigenvalue weighted by Crippen LogP contribution is -2.17. The van der Waals surface area contributed by atoms with E-state index in [1.54, 1.807) is 11.3 Å². The monoisotopic (exact) mass is 551 g/mol. The molecule has 0 saturated carbocycles. The van der Waals surface area contributed by atoms with Crippen LogP contribution in [0.25, 0.3) is 0 Å². The maximum absolute atomic E-state index is 12.3. The average molecular weight is 552 g/mol. The Morgan fingerprint density at radius 3 is 2.82 bits per heavy atom. The number of carbonyl (C=O) groups excluding carboxylic acids is 1. The van der Waals surface area contributed by atoms with Crippen LogP contribution in [0.1, 0.15) is 17.4 Å². The van der Waals surface area contributed by atoms with Crippen molar-refractivity contribution in [2.24, 2.45) is 5.10 Å². The van der Waals surface area contributed by atoms with Crippen molar-refractivity contribution in [3.63, 3.8) is 0 Å². The SMILES string of the molecule is C/C(=N\Nc1nnc(SCC(=O)Nc2nnc(SCc3ccccc3Cl)s2)n1N)c1cccs1. The molecule has 0 aliphatic carbocycles. The zero-order valence-corrected chi connectivity index (χ0v) is 21.7. The molecule has 15 heteroatoms. The van der Waals surface area contributed by atoms with Crippen molar-refractivity contribution in [1.82, 2.24) is 25.1 Å². The fraction of sp³-hybridized carbons (Fsp3) is 0.158. The van der Waals surface area contributed by atoms with Gasteiger partial charge in [0, 0.05) is 15.7 Å². The molecule has 0 aliphatic heterocycles. The summed E-state index contributed by atoms with van der Waals surface area (Å²) >= 11 is 11.7. The molecule has 0 bridgehead atoms. The summed E-state index contributed by atoms with van der Waals surface area (Å²) in [7, 11) is 0. The van der Waals surface area contributed by atoms with Gasteiger partial charge in [-0.3, -0.25) is 10.1 Å². The Morgan fingerprint density at radius 2 is 2.03 bits per heavy atom. The Balaban J connectivity index is 1.25. The molecule has 176 valence electrons. The van der Waals surface area contributed by atoms with Gasteiger partial charge < -0.3 is 5.84 Å². The second-order valence-electron chi connectivity index (χ2n) is 6.55. The second kappa shape index (κ2) is 11.7. The first-order chi connectivity index (χ1) is 16.5. The molecule has 1 aromatic carbocycles. The summed E-state index contributed by atoms with van der Waals surface area (Å²) in [4.78, 5) is 13.4. The van der Waals surface area contributed by atoms with Gasteiger partial charge >= 0.3 is 0 Å². The highest BCUT2D eigenvalue weighted by molar-refractivity contribution is 8.00. The molecule has 4 rings (SSSR count). The van der Waals surface area contributed by atoms with Crippen LogP contribution < -0.4 is 16.6 Å². The Labute approximate surface area is 216 Å². The van der Waals surface area contributed by atoms with Gasteiger partial charge in [0.2, 0.25) is 16.2 Å². The summed E-state index contributed by atoms with van der Waals surface area (Å²) in [6.07, 6.45) is 0. The molecular weight excluding hydrogens is 534 g/mol. The second-order valence-corrected chi connectivity index (χ2v) is 11.0. The van der Waals surface area contributed by atoms with E-state index >= 15 is 0 Å². The van der Waals surface area contributed by atoms with Crippen LogP contribution in [0.2, 0.25) is 5.02 Å². The molecule has 0 radical (unpaired) electrons. The summed E-state index contributed by atoms with van der Waals surface area (Å²) in [6, 6.07) is 11.6. The van der Waals surface area contributed by atoms with Crippen LogP contribution >= 0.6 is 57.8 Å². The number of hydrogen-bond donors (Lipinski definition) is 3. The molecule has 1 amide bonds. The summed E-state index contributed by atoms with van der Waals surface area (Å²) in [6.45, 7) is 1.88. The number of thioether (sulfide) groups is 2. The molecule has 3 heterocycles. The number of halogens is 1. The first-order valence-electron chi connectivity index (χ1n) is 9.66. The molecule has 0 spiro atoms. The number of carbonyl (C=O) groups is 1. The lowest BCUT2D eigenvalue weighted by molar-refractivity contribution is -0.113. The lowest BCUT2D eigenvalue weighted by atomic mass is 10.2. The topological polar surface area (TPSA) is 136 Å². The standard InChI is InChI=1S/C19H18ClN9OS4/c1-11(14-7-4-8-31-14)23-24-16-25-27-18(29(16)21)32-10-15(30)22-17-26-28-19(34-17)33-9-12-5-2-3-6-13(12)20/h2-8H,9-10,21H2,1H3,(H,24,25)(H,22,26,30)/b23-11+. The molecule has 4 N–H and O–H groups in total. The van der Waals surface area contributed by atoms with Crippen molar-refractivity contribution < 1.29 is 4.79 Å². The number of nitrogens with one attached hydrogen (secondary N) is 2. The number of aromatic nitrogens is 5. The number of rotatable bonds is 10. The van der Waals surface area contributed by atoms with Gasteiger partial charge in [0.1, 0.15) is 0 Å². The van der Waals surface area contributed by atoms with Crippen LogP contribution in [0.4, 0.5) is 11.1 Å². The summed E-state index contributed by atoms with van der Waals surface area (Å²) in [5, 5.41) is 26.6. The van der Waals surface area contributed by atoms with Crippen molar-refractivity contribution in [2.75, 3.05) is 22.3 Å². The molecule has 10 nitrogen and oxygen atoms in total. The molecule has 0 atom stereocenters. The van der Waals surface area contributed by atoms with Crippen molar-refractivity contribution in [1.29, 1.82) is 0 Å². The number of nitrogens with two attached hydrogens (primary N) is 1. The first kappa shape index (κ1) is 24.5. The molecule has 4 aromatic rings. The fourth-order valence-corrected chi connectivity index (χ4v) is 5.87. The summed E-state index contributed by atoms with van der Waals surface area (Å²) in [5.74, 6) is 6.77. The number of benzene rings is 1. The minimum atomic E-state index is -0.257. The smallest absolute Gasteiger partial charge is 0.264 e. The van der Waals surface area contributed by atoms with Gasteiger partial charge in [-0.1, -0.05) is 70.7 Å². The van der Waals surface area contributed by atoms with Crippen molar-refractivity contribution >= 4 is 80.5 Å². The Kier molecular flexibility index (Phi) is 8.39. The van der Waals surface area contributed by atoms with E-state index in [2.05, 4.69) is 36.2 Å².